The molecule has 0 spiro atoms. The minimum absolute atomic E-state index is 0.412. The van der Waals surface area contributed by atoms with Crippen molar-refractivity contribution in [2.75, 3.05) is 32.6 Å². The lowest BCUT2D eigenvalue weighted by Crippen LogP contribution is -2.35. The smallest absolute Gasteiger partial charge is 0.130 e. The molecule has 0 aliphatic carbocycles. The van der Waals surface area contributed by atoms with Crippen molar-refractivity contribution in [3.8, 4) is 0 Å². The maximum absolute atomic E-state index is 5.21. The van der Waals surface area contributed by atoms with Crippen LogP contribution in [0.1, 0.15) is 19.4 Å². The van der Waals surface area contributed by atoms with Crippen molar-refractivity contribution < 1.29 is 4.74 Å². The van der Waals surface area contributed by atoms with Crippen molar-refractivity contribution in [2.45, 2.75) is 26.4 Å². The molecule has 0 fully saturated rings. The van der Waals surface area contributed by atoms with Gasteiger partial charge in [0.1, 0.15) is 5.82 Å². The van der Waals surface area contributed by atoms with Gasteiger partial charge in [-0.25, -0.2) is 4.98 Å². The molecule has 0 saturated carbocycles. The summed E-state index contributed by atoms with van der Waals surface area (Å²) in [6.45, 7) is 7.00. The van der Waals surface area contributed by atoms with E-state index in [-0.39, 0.29) is 0 Å². The first kappa shape index (κ1) is 13.9. The first-order valence-electron chi connectivity index (χ1n) is 6.07. The summed E-state index contributed by atoms with van der Waals surface area (Å²) in [6.07, 6.45) is 1.81. The molecule has 1 aromatic heterocycles. The van der Waals surface area contributed by atoms with Crippen LogP contribution in [0.2, 0.25) is 0 Å². The Bertz CT molecular complexity index is 330. The van der Waals surface area contributed by atoms with Gasteiger partial charge in [0.2, 0.25) is 0 Å². The molecular weight excluding hydrogens is 214 g/mol. The summed E-state index contributed by atoms with van der Waals surface area (Å²) >= 11 is 0. The van der Waals surface area contributed by atoms with E-state index in [1.165, 1.54) is 5.56 Å². The Morgan fingerprint density at radius 3 is 2.88 bits per heavy atom. The van der Waals surface area contributed by atoms with Crippen LogP contribution in [-0.4, -0.2) is 43.2 Å². The van der Waals surface area contributed by atoms with E-state index in [1.54, 1.807) is 7.11 Å². The third-order valence-corrected chi connectivity index (χ3v) is 2.94. The first-order chi connectivity index (χ1) is 8.22. The topological polar surface area (TPSA) is 37.4 Å². The zero-order valence-electron chi connectivity index (χ0n) is 11.2. The summed E-state index contributed by atoms with van der Waals surface area (Å²) in [6, 6.07) is 4.50. The van der Waals surface area contributed by atoms with Crippen LogP contribution in [0.4, 0.5) is 5.82 Å². The average Bonchev–Trinajstić information content (AvgIpc) is 2.36. The number of methoxy groups -OCH3 is 1. The van der Waals surface area contributed by atoms with E-state index in [2.05, 4.69) is 35.1 Å². The highest BCUT2D eigenvalue weighted by atomic mass is 16.5. The zero-order chi connectivity index (χ0) is 12.7. The summed E-state index contributed by atoms with van der Waals surface area (Å²) in [5, 5.41) is 3.13. The van der Waals surface area contributed by atoms with Crippen molar-refractivity contribution in [3.63, 3.8) is 0 Å². The normalized spacial score (nSPS) is 12.8. The molecule has 0 amide bonds. The number of rotatable bonds is 7. The van der Waals surface area contributed by atoms with Crippen LogP contribution >= 0.6 is 0 Å². The predicted molar refractivity (Wildman–Crippen MR) is 71.2 cm³/mol. The van der Waals surface area contributed by atoms with Crippen LogP contribution in [0.25, 0.3) is 0 Å². The molecule has 4 heteroatoms. The van der Waals surface area contributed by atoms with Crippen molar-refractivity contribution in [1.29, 1.82) is 0 Å². The van der Waals surface area contributed by atoms with Crippen molar-refractivity contribution >= 4 is 5.82 Å². The molecule has 96 valence electrons. The summed E-state index contributed by atoms with van der Waals surface area (Å²) in [7, 11) is 3.65. The van der Waals surface area contributed by atoms with E-state index in [0.29, 0.717) is 6.04 Å². The molecule has 0 radical (unpaired) electrons. The van der Waals surface area contributed by atoms with Gasteiger partial charge in [-0.05, 0) is 19.5 Å². The second-order valence-electron chi connectivity index (χ2n) is 4.13. The Morgan fingerprint density at radius 1 is 1.53 bits per heavy atom. The van der Waals surface area contributed by atoms with E-state index >= 15 is 0 Å². The number of anilines is 1. The van der Waals surface area contributed by atoms with Gasteiger partial charge in [-0.15, -0.1) is 0 Å². The van der Waals surface area contributed by atoms with Crippen molar-refractivity contribution in [1.82, 2.24) is 9.88 Å². The summed E-state index contributed by atoms with van der Waals surface area (Å²) in [5.74, 6) is 0.954. The van der Waals surface area contributed by atoms with Gasteiger partial charge in [0.25, 0.3) is 0 Å². The standard InChI is InChI=1S/C13H23N3O/c1-5-16(11(2)10-17-4)9-12-7-6-8-15-13(12)14-3/h6-8,11H,5,9-10H2,1-4H3,(H,14,15). The van der Waals surface area contributed by atoms with Crippen LogP contribution < -0.4 is 5.32 Å². The maximum Gasteiger partial charge on any atom is 0.130 e. The van der Waals surface area contributed by atoms with Gasteiger partial charge in [0, 0.05) is 38.5 Å². The lowest BCUT2D eigenvalue weighted by atomic mass is 10.2. The quantitative estimate of drug-likeness (QED) is 0.787. The van der Waals surface area contributed by atoms with Gasteiger partial charge in [0.05, 0.1) is 6.61 Å². The van der Waals surface area contributed by atoms with E-state index in [1.807, 2.05) is 19.3 Å². The summed E-state index contributed by atoms with van der Waals surface area (Å²) in [5.41, 5.74) is 1.22. The van der Waals surface area contributed by atoms with Gasteiger partial charge in [-0.2, -0.15) is 0 Å². The Labute approximate surface area is 104 Å². The molecule has 17 heavy (non-hydrogen) atoms. The highest BCUT2D eigenvalue weighted by Crippen LogP contribution is 2.15. The number of hydrogen-bond donors (Lipinski definition) is 1. The molecule has 4 nitrogen and oxygen atoms in total. The maximum atomic E-state index is 5.21. The lowest BCUT2D eigenvalue weighted by molar-refractivity contribution is 0.0982. The van der Waals surface area contributed by atoms with Crippen LogP contribution in [0.15, 0.2) is 18.3 Å². The molecule has 1 N–H and O–H groups in total. The lowest BCUT2D eigenvalue weighted by Gasteiger charge is -2.27. The number of pyridine rings is 1. The van der Waals surface area contributed by atoms with Gasteiger partial charge >= 0.3 is 0 Å². The highest BCUT2D eigenvalue weighted by molar-refractivity contribution is 5.42. The second-order valence-corrected chi connectivity index (χ2v) is 4.13. The van der Waals surface area contributed by atoms with Crippen LogP contribution in [0, 0.1) is 0 Å². The zero-order valence-corrected chi connectivity index (χ0v) is 11.2. The summed E-state index contributed by atoms with van der Waals surface area (Å²) < 4.78 is 5.21. The minimum Gasteiger partial charge on any atom is -0.383 e. The molecule has 0 aromatic carbocycles. The SMILES string of the molecule is CCN(Cc1cccnc1NC)C(C)COC. The molecular formula is C13H23N3O. The second kappa shape index (κ2) is 7.25. The predicted octanol–water partition coefficient (Wildman–Crippen LogP) is 1.98. The Morgan fingerprint density at radius 2 is 2.29 bits per heavy atom. The van der Waals surface area contributed by atoms with E-state index in [9.17, 15) is 0 Å². The largest absolute Gasteiger partial charge is 0.383 e. The van der Waals surface area contributed by atoms with Crippen molar-refractivity contribution in [2.24, 2.45) is 0 Å². The Kier molecular flexibility index (Phi) is 5.94. The molecule has 0 saturated heterocycles. The minimum atomic E-state index is 0.412. The van der Waals surface area contributed by atoms with Gasteiger partial charge < -0.3 is 10.1 Å². The molecule has 1 unspecified atom stereocenters. The van der Waals surface area contributed by atoms with E-state index in [0.717, 1.165) is 25.5 Å². The number of ether oxygens (including phenoxy) is 1. The fourth-order valence-electron chi connectivity index (χ4n) is 1.94. The van der Waals surface area contributed by atoms with Gasteiger partial charge in [0.15, 0.2) is 0 Å². The van der Waals surface area contributed by atoms with E-state index in [4.69, 9.17) is 4.74 Å². The molecule has 1 rings (SSSR count). The molecule has 1 aromatic rings. The van der Waals surface area contributed by atoms with Gasteiger partial charge in [-0.1, -0.05) is 13.0 Å². The van der Waals surface area contributed by atoms with Crippen LogP contribution in [0.3, 0.4) is 0 Å². The van der Waals surface area contributed by atoms with Crippen molar-refractivity contribution in [3.05, 3.63) is 23.9 Å². The van der Waals surface area contributed by atoms with Gasteiger partial charge in [-0.3, -0.25) is 4.90 Å². The molecule has 0 aliphatic heterocycles. The van der Waals surface area contributed by atoms with E-state index < -0.39 is 0 Å². The van der Waals surface area contributed by atoms with Crippen LogP contribution in [-0.2, 0) is 11.3 Å². The molecule has 1 heterocycles. The third kappa shape index (κ3) is 3.98. The number of nitrogens with one attached hydrogen (secondary N) is 1. The fourth-order valence-corrected chi connectivity index (χ4v) is 1.94. The van der Waals surface area contributed by atoms with Crippen LogP contribution in [0.5, 0.6) is 0 Å². The number of nitrogens with zero attached hydrogens (tertiary/aromatic N) is 2. The molecule has 1 atom stereocenters. The average molecular weight is 237 g/mol. The first-order valence-corrected chi connectivity index (χ1v) is 6.07. The fraction of sp³-hybridized carbons (Fsp3) is 0.615. The monoisotopic (exact) mass is 237 g/mol. The Balaban J connectivity index is 2.73. The number of aromatic nitrogens is 1. The number of likely N-dealkylation sites (N-methyl/N-ethyl adjacent to an activating group) is 1. The third-order valence-electron chi connectivity index (χ3n) is 2.94. The number of hydrogen-bond acceptors (Lipinski definition) is 4. The Hall–Kier alpha value is -1.13. The molecule has 0 bridgehead atoms. The molecule has 0 aliphatic rings. The summed E-state index contributed by atoms with van der Waals surface area (Å²) in [4.78, 5) is 6.70. The highest BCUT2D eigenvalue weighted by Gasteiger charge is 2.13.